The number of halogens is 3. The molecule has 0 unspecified atom stereocenters. The average molecular weight is 394 g/mol. The van der Waals surface area contributed by atoms with E-state index in [9.17, 15) is 18.0 Å². The third-order valence-corrected chi connectivity index (χ3v) is 6.04. The van der Waals surface area contributed by atoms with Gasteiger partial charge in [-0.1, -0.05) is 0 Å². The van der Waals surface area contributed by atoms with Gasteiger partial charge in [-0.2, -0.15) is 0 Å². The fourth-order valence-corrected chi connectivity index (χ4v) is 4.72. The molecule has 130 valence electrons. The number of carbonyl (C=O) groups excluding carboxylic acids is 1. The number of carbonyl (C=O) groups is 1. The summed E-state index contributed by atoms with van der Waals surface area (Å²) in [7, 11) is 0. The maximum atomic E-state index is 13.0. The molecule has 23 heavy (non-hydrogen) atoms. The molecule has 1 amide bonds. The molecule has 0 bridgehead atoms. The maximum absolute atomic E-state index is 13.0. The Morgan fingerprint density at radius 1 is 1.22 bits per heavy atom. The van der Waals surface area contributed by atoms with E-state index in [-0.39, 0.29) is 26.9 Å². The molecule has 0 heterocycles. The van der Waals surface area contributed by atoms with Gasteiger partial charge in [0, 0.05) is 0 Å². The summed E-state index contributed by atoms with van der Waals surface area (Å²) in [5, 5.41) is 3.47. The van der Waals surface area contributed by atoms with E-state index in [1.165, 1.54) is 13.0 Å². The number of hydrogen-bond donors (Lipinski definition) is 1. The topological polar surface area (TPSA) is 29.1 Å². The van der Waals surface area contributed by atoms with Gasteiger partial charge in [-0.15, -0.1) is 0 Å². The van der Waals surface area contributed by atoms with Gasteiger partial charge in [-0.3, -0.25) is 0 Å². The zero-order valence-electron chi connectivity index (χ0n) is 13.6. The Kier molecular flexibility index (Phi) is 8.70. The summed E-state index contributed by atoms with van der Waals surface area (Å²) < 4.78 is 39.4. The van der Waals surface area contributed by atoms with Crippen LogP contribution in [-0.2, 0) is 11.0 Å². The number of unbranched alkanes of at least 4 members (excludes halogenated alkanes) is 3. The molecule has 0 aliphatic rings. The second-order valence-electron chi connectivity index (χ2n) is 5.55. The van der Waals surface area contributed by atoms with Crippen molar-refractivity contribution in [3.63, 3.8) is 0 Å². The third kappa shape index (κ3) is 7.89. The van der Waals surface area contributed by atoms with E-state index in [4.69, 9.17) is 0 Å². The molecule has 0 radical (unpaired) electrons. The summed E-state index contributed by atoms with van der Waals surface area (Å²) in [6.45, 7) is 3.58. The van der Waals surface area contributed by atoms with Crippen LogP contribution >= 0.6 is 0 Å². The molecular formula is C17H24F3NOSe. The number of benzene rings is 1. The Balaban J connectivity index is 2.65. The van der Waals surface area contributed by atoms with Gasteiger partial charge in [-0.05, 0) is 0 Å². The van der Waals surface area contributed by atoms with Gasteiger partial charge in [0.05, 0.1) is 0 Å². The Morgan fingerprint density at radius 2 is 1.91 bits per heavy atom. The summed E-state index contributed by atoms with van der Waals surface area (Å²) >= 11 is -0.315. The van der Waals surface area contributed by atoms with Crippen molar-refractivity contribution in [3.05, 3.63) is 29.8 Å². The number of nitrogens with one attached hydrogen (secondary N) is 1. The first-order valence-corrected chi connectivity index (χ1v) is 9.97. The monoisotopic (exact) mass is 395 g/mol. The Hall–Kier alpha value is -1.00. The molecule has 1 rings (SSSR count). The van der Waals surface area contributed by atoms with Crippen molar-refractivity contribution >= 4 is 25.3 Å². The standard InChI is InChI=1S/C17H24F3NOSe/c1-3-4-5-6-9-14(21-13(2)22)12-23-16-11-8-7-10-15(16)17(18,19)20/h7-8,10-11,14H,3-6,9,12H2,1-2H3,(H,21,22)/t14-/m1/s1. The van der Waals surface area contributed by atoms with Crippen LogP contribution in [0.25, 0.3) is 0 Å². The quantitative estimate of drug-likeness (QED) is 0.499. The first-order valence-electron chi connectivity index (χ1n) is 7.90. The first-order chi connectivity index (χ1) is 10.8. The van der Waals surface area contributed by atoms with Crippen LogP contribution in [0.4, 0.5) is 13.2 Å². The van der Waals surface area contributed by atoms with Gasteiger partial charge in [-0.25, -0.2) is 0 Å². The van der Waals surface area contributed by atoms with E-state index in [0.717, 1.165) is 38.2 Å². The van der Waals surface area contributed by atoms with Crippen molar-refractivity contribution < 1.29 is 18.0 Å². The van der Waals surface area contributed by atoms with Crippen LogP contribution in [0.5, 0.6) is 0 Å². The molecule has 0 saturated carbocycles. The fourth-order valence-electron chi connectivity index (χ4n) is 2.32. The molecule has 1 aromatic carbocycles. The summed E-state index contributed by atoms with van der Waals surface area (Å²) in [5.41, 5.74) is -0.549. The molecule has 0 spiro atoms. The van der Waals surface area contributed by atoms with Crippen LogP contribution < -0.4 is 9.78 Å². The normalized spacial score (nSPS) is 12.9. The Labute approximate surface area is 142 Å². The van der Waals surface area contributed by atoms with Crippen molar-refractivity contribution in [1.29, 1.82) is 0 Å². The van der Waals surface area contributed by atoms with Crippen molar-refractivity contribution in [2.75, 3.05) is 0 Å². The third-order valence-electron chi connectivity index (χ3n) is 3.45. The second-order valence-corrected chi connectivity index (χ2v) is 7.78. The van der Waals surface area contributed by atoms with Gasteiger partial charge >= 0.3 is 142 Å². The predicted octanol–water partition coefficient (Wildman–Crippen LogP) is 3.93. The van der Waals surface area contributed by atoms with E-state index < -0.39 is 11.7 Å². The van der Waals surface area contributed by atoms with Crippen LogP contribution in [-0.4, -0.2) is 26.9 Å². The molecule has 1 atom stereocenters. The predicted molar refractivity (Wildman–Crippen MR) is 88.0 cm³/mol. The molecular weight excluding hydrogens is 370 g/mol. The van der Waals surface area contributed by atoms with Crippen molar-refractivity contribution in [2.45, 2.75) is 63.5 Å². The van der Waals surface area contributed by atoms with Crippen LogP contribution in [0, 0.1) is 0 Å². The van der Waals surface area contributed by atoms with E-state index in [1.54, 1.807) is 12.1 Å². The minimum absolute atomic E-state index is 0.0364. The second kappa shape index (κ2) is 9.99. The molecule has 0 aliphatic heterocycles. The average Bonchev–Trinajstić information content (AvgIpc) is 2.47. The van der Waals surface area contributed by atoms with Crippen LogP contribution in [0.2, 0.25) is 5.32 Å². The zero-order valence-corrected chi connectivity index (χ0v) is 15.3. The van der Waals surface area contributed by atoms with Gasteiger partial charge < -0.3 is 0 Å². The summed E-state index contributed by atoms with van der Waals surface area (Å²) in [6, 6.07) is 5.70. The van der Waals surface area contributed by atoms with Crippen LogP contribution in [0.3, 0.4) is 0 Å². The Bertz CT molecular complexity index is 491. The molecule has 1 N–H and O–H groups in total. The van der Waals surface area contributed by atoms with Gasteiger partial charge in [0.2, 0.25) is 0 Å². The van der Waals surface area contributed by atoms with E-state index >= 15 is 0 Å². The minimum atomic E-state index is -4.32. The SMILES string of the molecule is CCCCCC[C@H](C[Se]c1ccccc1C(F)(F)F)NC(C)=O. The number of hydrogen-bond acceptors (Lipinski definition) is 1. The van der Waals surface area contributed by atoms with Crippen molar-refractivity contribution in [2.24, 2.45) is 0 Å². The summed E-state index contributed by atoms with van der Waals surface area (Å²) in [6.07, 6.45) is 0.884. The summed E-state index contributed by atoms with van der Waals surface area (Å²) in [5.74, 6) is -0.120. The Morgan fingerprint density at radius 3 is 2.52 bits per heavy atom. The van der Waals surface area contributed by atoms with Crippen LogP contribution in [0.15, 0.2) is 24.3 Å². The first kappa shape index (κ1) is 20.0. The van der Waals surface area contributed by atoms with Crippen molar-refractivity contribution in [3.8, 4) is 0 Å². The van der Waals surface area contributed by atoms with Crippen LogP contribution in [0.1, 0.15) is 51.5 Å². The van der Waals surface area contributed by atoms with Crippen molar-refractivity contribution in [1.82, 2.24) is 5.32 Å². The molecule has 0 aliphatic carbocycles. The zero-order chi connectivity index (χ0) is 17.3. The fraction of sp³-hybridized carbons (Fsp3) is 0.588. The number of rotatable bonds is 9. The van der Waals surface area contributed by atoms with Gasteiger partial charge in [0.15, 0.2) is 0 Å². The molecule has 0 fully saturated rings. The molecule has 6 heteroatoms. The number of amides is 1. The summed E-state index contributed by atoms with van der Waals surface area (Å²) in [4.78, 5) is 11.3. The number of alkyl halides is 3. The van der Waals surface area contributed by atoms with Gasteiger partial charge in [0.25, 0.3) is 0 Å². The molecule has 2 nitrogen and oxygen atoms in total. The molecule has 0 saturated heterocycles. The molecule has 1 aromatic rings. The van der Waals surface area contributed by atoms with Gasteiger partial charge in [0.1, 0.15) is 0 Å². The van der Waals surface area contributed by atoms with E-state index in [2.05, 4.69) is 12.2 Å². The van der Waals surface area contributed by atoms with E-state index in [0.29, 0.717) is 9.78 Å². The van der Waals surface area contributed by atoms with E-state index in [1.807, 2.05) is 0 Å². The molecule has 0 aromatic heterocycles.